The number of rotatable bonds is 11. The number of carbonyl (C=O) groups is 4. The van der Waals surface area contributed by atoms with Crippen LogP contribution in [-0.2, 0) is 25.6 Å². The Bertz CT molecular complexity index is 1020. The van der Waals surface area contributed by atoms with Crippen molar-refractivity contribution in [1.29, 1.82) is 0 Å². The van der Waals surface area contributed by atoms with Gasteiger partial charge in [0.05, 0.1) is 35.3 Å². The summed E-state index contributed by atoms with van der Waals surface area (Å²) in [5.41, 5.74) is 1.42. The second-order valence-corrected chi connectivity index (χ2v) is 9.18. The minimum atomic E-state index is -1.32. The molecule has 0 radical (unpaired) electrons. The third-order valence-corrected chi connectivity index (χ3v) is 6.22. The van der Waals surface area contributed by atoms with E-state index in [1.54, 1.807) is 43.9 Å². The van der Waals surface area contributed by atoms with E-state index >= 15 is 0 Å². The summed E-state index contributed by atoms with van der Waals surface area (Å²) >= 11 is 4.62. The Labute approximate surface area is 225 Å². The molecule has 0 spiro atoms. The molecule has 1 unspecified atom stereocenters. The van der Waals surface area contributed by atoms with Crippen LogP contribution in [0, 0.1) is 0 Å². The fourth-order valence-electron chi connectivity index (χ4n) is 4.36. The molecule has 1 aromatic carbocycles. The maximum Gasteiger partial charge on any atom is 0.317 e. The van der Waals surface area contributed by atoms with Gasteiger partial charge in [-0.1, -0.05) is 12.1 Å². The van der Waals surface area contributed by atoms with Crippen LogP contribution in [0.2, 0.25) is 0 Å². The van der Waals surface area contributed by atoms with E-state index in [0.29, 0.717) is 12.1 Å². The minimum Gasteiger partial charge on any atom is -0.549 e. The molecule has 1 fully saturated rings. The van der Waals surface area contributed by atoms with E-state index in [1.807, 2.05) is 0 Å². The molecule has 2 rings (SSSR count). The second-order valence-electron chi connectivity index (χ2n) is 9.00. The molecule has 208 valence electrons. The Kier molecular flexibility index (Phi) is 12.9. The van der Waals surface area contributed by atoms with Gasteiger partial charge >= 0.3 is 5.97 Å². The molecule has 14 heteroatoms. The number of carbonyl (C=O) groups excluding carboxylic acids is 3. The molecule has 0 amide bonds. The monoisotopic (exact) mass is 548 g/mol. The summed E-state index contributed by atoms with van der Waals surface area (Å²) in [6, 6.07) is 6.57. The molecule has 1 N–H and O–H groups in total. The zero-order valence-corrected chi connectivity index (χ0v) is 21.6. The van der Waals surface area contributed by atoms with Gasteiger partial charge in [-0.05, 0) is 36.3 Å². The van der Waals surface area contributed by atoms with Crippen LogP contribution in [-0.4, -0.2) is 132 Å². The van der Waals surface area contributed by atoms with E-state index in [-0.39, 0.29) is 52.4 Å². The summed E-state index contributed by atoms with van der Waals surface area (Å²) in [5.74, 6) is -5.05. The van der Waals surface area contributed by atoms with Gasteiger partial charge in [0.1, 0.15) is 0 Å². The van der Waals surface area contributed by atoms with Gasteiger partial charge in [0.2, 0.25) is 0 Å². The lowest BCUT2D eigenvalue weighted by Gasteiger charge is -2.38. The zero-order chi connectivity index (χ0) is 28.1. The first kappa shape index (κ1) is 31.0. The Morgan fingerprint density at radius 1 is 0.816 bits per heavy atom. The van der Waals surface area contributed by atoms with Crippen molar-refractivity contribution in [3.63, 3.8) is 0 Å². The van der Waals surface area contributed by atoms with Crippen molar-refractivity contribution in [3.05, 3.63) is 29.8 Å². The molecular weight excluding hydrogens is 518 g/mol. The molecule has 1 aliphatic rings. The minimum absolute atomic E-state index is 0.140. The van der Waals surface area contributed by atoms with Crippen molar-refractivity contribution in [2.45, 2.75) is 12.5 Å². The van der Waals surface area contributed by atoms with E-state index in [1.165, 1.54) is 0 Å². The number of aliphatic carboxylic acids is 4. The van der Waals surface area contributed by atoms with Gasteiger partial charge in [0.15, 0.2) is 0 Å². The SMILES string of the molecule is O=C([O-])CN1CCN(CC(=O)[O-])CCN(CC(=O)O)C(Cc2ccc(N=C=S)cc2)CN(CC(=O)[O-])CC1. The zero-order valence-electron chi connectivity index (χ0n) is 20.8. The first-order valence-corrected chi connectivity index (χ1v) is 12.4. The fourth-order valence-corrected chi connectivity index (χ4v) is 4.47. The molecule has 1 aromatic rings. The Balaban J connectivity index is 2.41. The first-order valence-electron chi connectivity index (χ1n) is 11.9. The van der Waals surface area contributed by atoms with Gasteiger partial charge < -0.3 is 34.8 Å². The number of benzene rings is 1. The normalized spacial score (nSPS) is 19.0. The topological polar surface area (TPSA) is 183 Å². The average molecular weight is 549 g/mol. The third kappa shape index (κ3) is 11.9. The molecule has 1 heterocycles. The lowest BCUT2D eigenvalue weighted by molar-refractivity contribution is -0.308. The number of hydrogen-bond acceptors (Lipinski definition) is 13. The van der Waals surface area contributed by atoms with Crippen molar-refractivity contribution in [1.82, 2.24) is 19.6 Å². The predicted octanol–water partition coefficient (Wildman–Crippen LogP) is -4.11. The number of aliphatic imine (C=N–C) groups is 1. The highest BCUT2D eigenvalue weighted by molar-refractivity contribution is 7.78. The molecule has 38 heavy (non-hydrogen) atoms. The number of nitrogens with zero attached hydrogens (tertiary/aromatic N) is 5. The summed E-state index contributed by atoms with van der Waals surface area (Å²) in [6.45, 7) is -0.473. The molecule has 1 aliphatic heterocycles. The van der Waals surface area contributed by atoms with Crippen molar-refractivity contribution < 1.29 is 39.6 Å². The second kappa shape index (κ2) is 15.9. The molecule has 0 aliphatic carbocycles. The summed E-state index contributed by atoms with van der Waals surface area (Å²) in [5, 5.41) is 46.0. The van der Waals surface area contributed by atoms with Gasteiger partial charge in [-0.3, -0.25) is 24.4 Å². The summed E-state index contributed by atoms with van der Waals surface area (Å²) in [7, 11) is 0. The number of hydrogen-bond donors (Lipinski definition) is 1. The maximum absolute atomic E-state index is 11.7. The summed E-state index contributed by atoms with van der Waals surface area (Å²) < 4.78 is 0. The van der Waals surface area contributed by atoms with Gasteiger partial charge in [-0.15, -0.1) is 0 Å². The lowest BCUT2D eigenvalue weighted by atomic mass is 10.0. The van der Waals surface area contributed by atoms with Crippen LogP contribution in [0.15, 0.2) is 29.3 Å². The summed E-state index contributed by atoms with van der Waals surface area (Å²) in [6.07, 6.45) is 0.349. The van der Waals surface area contributed by atoms with Crippen molar-refractivity contribution in [2.75, 3.05) is 72.0 Å². The van der Waals surface area contributed by atoms with Crippen LogP contribution >= 0.6 is 12.2 Å². The average Bonchev–Trinajstić information content (AvgIpc) is 2.82. The molecule has 13 nitrogen and oxygen atoms in total. The number of isothiocyanates is 1. The van der Waals surface area contributed by atoms with Crippen LogP contribution in [0.4, 0.5) is 5.69 Å². The quantitative estimate of drug-likeness (QED) is 0.208. The predicted molar refractivity (Wildman–Crippen MR) is 132 cm³/mol. The van der Waals surface area contributed by atoms with Crippen LogP contribution in [0.3, 0.4) is 0 Å². The van der Waals surface area contributed by atoms with Crippen molar-refractivity contribution in [2.24, 2.45) is 4.99 Å². The van der Waals surface area contributed by atoms with Gasteiger partial charge in [0, 0.05) is 71.5 Å². The van der Waals surface area contributed by atoms with Crippen LogP contribution < -0.4 is 15.3 Å². The highest BCUT2D eigenvalue weighted by Gasteiger charge is 2.26. The highest BCUT2D eigenvalue weighted by Crippen LogP contribution is 2.17. The van der Waals surface area contributed by atoms with Gasteiger partial charge in [-0.2, -0.15) is 4.99 Å². The Morgan fingerprint density at radius 3 is 1.76 bits per heavy atom. The van der Waals surface area contributed by atoms with E-state index in [2.05, 4.69) is 22.4 Å². The number of carboxylic acids is 4. The number of thiocarbonyl (C=S) groups is 1. The molecule has 1 atom stereocenters. The lowest BCUT2D eigenvalue weighted by Crippen LogP contribution is -2.55. The van der Waals surface area contributed by atoms with Crippen molar-refractivity contribution >= 4 is 46.9 Å². The molecular formula is C24H30N5O8S-3. The highest BCUT2D eigenvalue weighted by atomic mass is 32.1. The van der Waals surface area contributed by atoms with E-state index < -0.39 is 49.6 Å². The smallest absolute Gasteiger partial charge is 0.317 e. The molecule has 0 saturated carbocycles. The van der Waals surface area contributed by atoms with Crippen LogP contribution in [0.1, 0.15) is 5.56 Å². The van der Waals surface area contributed by atoms with Crippen LogP contribution in [0.25, 0.3) is 0 Å². The Hall–Kier alpha value is -3.26. The molecule has 0 bridgehead atoms. The molecule has 0 aromatic heterocycles. The van der Waals surface area contributed by atoms with Crippen molar-refractivity contribution in [3.8, 4) is 0 Å². The fraction of sp³-hybridized carbons (Fsp3) is 0.542. The maximum atomic E-state index is 11.7. The largest absolute Gasteiger partial charge is 0.549 e. The van der Waals surface area contributed by atoms with Crippen LogP contribution in [0.5, 0.6) is 0 Å². The number of carboxylic acid groups (broad SMARTS) is 4. The third-order valence-electron chi connectivity index (χ3n) is 6.13. The van der Waals surface area contributed by atoms with Gasteiger partial charge in [0.25, 0.3) is 0 Å². The summed E-state index contributed by atoms with van der Waals surface area (Å²) in [4.78, 5) is 56.1. The molecule has 1 saturated heterocycles. The van der Waals surface area contributed by atoms with E-state index in [9.17, 15) is 39.6 Å². The van der Waals surface area contributed by atoms with E-state index in [0.717, 1.165) is 5.56 Å². The van der Waals surface area contributed by atoms with Gasteiger partial charge in [-0.25, -0.2) is 0 Å². The Morgan fingerprint density at radius 2 is 1.29 bits per heavy atom. The standard InChI is InChI=1S/C24H33N5O8S/c30-21(31)13-26-5-6-27(14-22(32)33)9-10-29(16-24(36)37)20(12-28(8-7-26)15-23(34)35)11-18-1-3-19(4-2-18)25-17-38/h1-4,20H,5-16H2,(H,30,31)(H,32,33)(H,34,35)(H,36,37)/p-3. The van der Waals surface area contributed by atoms with E-state index in [4.69, 9.17) is 0 Å². The first-order chi connectivity index (χ1) is 18.0.